The van der Waals surface area contributed by atoms with E-state index in [4.69, 9.17) is 22.3 Å². The fourth-order valence-electron chi connectivity index (χ4n) is 7.13. The van der Waals surface area contributed by atoms with Gasteiger partial charge in [0.2, 0.25) is 11.8 Å². The summed E-state index contributed by atoms with van der Waals surface area (Å²) in [5.41, 5.74) is 11.7. The molecule has 2 aliphatic carbocycles. The molecule has 0 atom stereocenters. The molecule has 6 heterocycles. The van der Waals surface area contributed by atoms with Gasteiger partial charge in [-0.15, -0.1) is 10.2 Å². The standard InChI is InChI=1S/C20H26F2N8.C16H19ClF2N4.C4H8N4/c1-13-8-14(2)30(27-13)19-10-16(23-11-17-12-24-28-29(17)3)9-18(26-19)25-15-4-6-20(21,22)7-5-15;1-10-7-11(2)23(22-10)15-9-12(17)8-14(21-15)20-13-3-5-16(18,19)6-4-13;1-8-4(2-5)3-6-7-8/h8-10,12,15H,4-7,11H2,1-3H3,(H2,23,25,26);7-9,13H,3-6H2,1-2H3,(H,20,21);3H,2,5H2,1H3. The van der Waals surface area contributed by atoms with Crippen LogP contribution in [0.2, 0.25) is 5.02 Å². The second kappa shape index (κ2) is 19.4. The maximum absolute atomic E-state index is 13.5. The average molecular weight is 869 g/mol. The van der Waals surface area contributed by atoms with E-state index in [-0.39, 0.29) is 37.8 Å². The molecular formula is C40H53ClF4N16. The topological polar surface area (TPSA) is 185 Å². The van der Waals surface area contributed by atoms with E-state index in [1.807, 2.05) is 66.1 Å². The van der Waals surface area contributed by atoms with Crippen LogP contribution in [0.4, 0.5) is 34.9 Å². The molecule has 0 saturated heterocycles. The van der Waals surface area contributed by atoms with Crippen LogP contribution in [-0.2, 0) is 27.2 Å². The molecule has 16 nitrogen and oxygen atoms in total. The fourth-order valence-corrected chi connectivity index (χ4v) is 7.34. The monoisotopic (exact) mass is 868 g/mol. The number of hydrogen-bond acceptors (Lipinski definition) is 12. The number of pyridine rings is 2. The first-order chi connectivity index (χ1) is 29.0. The zero-order chi connectivity index (χ0) is 43.9. The van der Waals surface area contributed by atoms with Crippen LogP contribution in [0.5, 0.6) is 0 Å². The molecule has 0 aliphatic heterocycles. The zero-order valence-electron chi connectivity index (χ0n) is 35.2. The number of nitrogens with zero attached hydrogens (tertiary/aromatic N) is 12. The van der Waals surface area contributed by atoms with E-state index < -0.39 is 11.8 Å². The van der Waals surface area contributed by atoms with E-state index in [2.05, 4.69) is 51.8 Å². The summed E-state index contributed by atoms with van der Waals surface area (Å²) in [5.74, 6) is -2.57. The van der Waals surface area contributed by atoms with Crippen molar-refractivity contribution in [3.05, 3.63) is 88.0 Å². The van der Waals surface area contributed by atoms with Crippen molar-refractivity contribution in [3.63, 3.8) is 0 Å². The van der Waals surface area contributed by atoms with Crippen LogP contribution in [0.3, 0.4) is 0 Å². The van der Waals surface area contributed by atoms with Crippen molar-refractivity contribution < 1.29 is 17.6 Å². The number of rotatable bonds is 10. The third-order valence-electron chi connectivity index (χ3n) is 10.5. The quantitative estimate of drug-likeness (QED) is 0.100. The summed E-state index contributed by atoms with van der Waals surface area (Å²) in [6.45, 7) is 8.80. The molecule has 2 aliphatic rings. The summed E-state index contributed by atoms with van der Waals surface area (Å²) in [6.07, 6.45) is 4.68. The Kier molecular flexibility index (Phi) is 14.3. The summed E-state index contributed by atoms with van der Waals surface area (Å²) < 4.78 is 60.3. The number of alkyl halides is 4. The molecule has 0 amide bonds. The Hall–Kier alpha value is -5.63. The molecule has 6 aromatic rings. The first-order valence-electron chi connectivity index (χ1n) is 20.1. The van der Waals surface area contributed by atoms with Crippen LogP contribution in [0.15, 0.2) is 48.8 Å². The Morgan fingerprint density at radius 2 is 1.13 bits per heavy atom. The molecule has 5 N–H and O–H groups in total. The molecule has 328 valence electrons. The van der Waals surface area contributed by atoms with Crippen molar-refractivity contribution >= 4 is 28.9 Å². The molecule has 0 unspecified atom stereocenters. The summed E-state index contributed by atoms with van der Waals surface area (Å²) in [4.78, 5) is 9.23. The average Bonchev–Trinajstić information content (AvgIpc) is 3.99. The van der Waals surface area contributed by atoms with Crippen LogP contribution in [0, 0.1) is 27.7 Å². The van der Waals surface area contributed by atoms with Crippen molar-refractivity contribution in [2.24, 2.45) is 19.8 Å². The zero-order valence-corrected chi connectivity index (χ0v) is 35.9. The van der Waals surface area contributed by atoms with Crippen LogP contribution in [0.1, 0.15) is 85.5 Å². The molecule has 61 heavy (non-hydrogen) atoms. The number of halogens is 5. The third kappa shape index (κ3) is 12.5. The van der Waals surface area contributed by atoms with Gasteiger partial charge < -0.3 is 21.7 Å². The van der Waals surface area contributed by atoms with Crippen LogP contribution in [0.25, 0.3) is 11.6 Å². The van der Waals surface area contributed by atoms with Crippen molar-refractivity contribution in [2.45, 2.75) is 116 Å². The number of nitrogens with two attached hydrogens (primary N) is 1. The predicted octanol–water partition coefficient (Wildman–Crippen LogP) is 7.42. The molecule has 0 bridgehead atoms. The Morgan fingerprint density at radius 1 is 0.672 bits per heavy atom. The van der Waals surface area contributed by atoms with E-state index >= 15 is 0 Å². The summed E-state index contributed by atoms with van der Waals surface area (Å²) >= 11 is 6.18. The Bertz CT molecular complexity index is 2350. The van der Waals surface area contributed by atoms with E-state index in [0.29, 0.717) is 67.1 Å². The number of hydrogen-bond donors (Lipinski definition) is 4. The molecule has 6 aromatic heterocycles. The van der Waals surface area contributed by atoms with Gasteiger partial charge in [-0.1, -0.05) is 22.0 Å². The second-order valence-corrected chi connectivity index (χ2v) is 16.0. The SMILES string of the molecule is Cc1cc(C)n(-c2cc(Cl)cc(NC3CCC(F)(F)CC3)n2)n1.Cc1cc(C)n(-c2cc(NCc3cnnn3C)cc(NC3CCC(F)(F)CC3)n2)n1.Cn1nncc1CN. The minimum Gasteiger partial charge on any atom is -0.379 e. The van der Waals surface area contributed by atoms with Crippen molar-refractivity contribution in [3.8, 4) is 11.6 Å². The minimum atomic E-state index is -2.55. The highest BCUT2D eigenvalue weighted by atomic mass is 35.5. The normalized spacial score (nSPS) is 16.3. The summed E-state index contributed by atoms with van der Waals surface area (Å²) in [6, 6.07) is 11.2. The van der Waals surface area contributed by atoms with Gasteiger partial charge in [-0.05, 0) is 71.6 Å². The lowest BCUT2D eigenvalue weighted by Crippen LogP contribution is -2.32. The van der Waals surface area contributed by atoms with Crippen LogP contribution < -0.4 is 21.7 Å². The van der Waals surface area contributed by atoms with Crippen molar-refractivity contribution in [1.82, 2.24) is 59.5 Å². The fraction of sp³-hybridized carbons (Fsp3) is 0.500. The maximum atomic E-state index is 13.5. The summed E-state index contributed by atoms with van der Waals surface area (Å²) in [7, 11) is 3.65. The number of nitrogens with one attached hydrogen (secondary N) is 3. The molecule has 2 fully saturated rings. The molecule has 0 spiro atoms. The Balaban J connectivity index is 0.000000177. The van der Waals surface area contributed by atoms with Gasteiger partial charge in [-0.25, -0.2) is 36.9 Å². The van der Waals surface area contributed by atoms with Gasteiger partial charge in [0.05, 0.1) is 41.7 Å². The number of aryl methyl sites for hydroxylation is 6. The van der Waals surface area contributed by atoms with Gasteiger partial charge in [-0.2, -0.15) is 10.2 Å². The Morgan fingerprint density at radius 3 is 1.54 bits per heavy atom. The minimum absolute atomic E-state index is 0.00565. The van der Waals surface area contributed by atoms with E-state index in [1.165, 1.54) is 0 Å². The van der Waals surface area contributed by atoms with E-state index in [1.54, 1.807) is 43.3 Å². The first kappa shape index (κ1) is 44.9. The molecule has 0 radical (unpaired) electrons. The van der Waals surface area contributed by atoms with Gasteiger partial charge in [0.1, 0.15) is 11.6 Å². The molecular weight excluding hydrogens is 816 g/mol. The number of anilines is 3. The van der Waals surface area contributed by atoms with Gasteiger partial charge in [0, 0.05) is 98.7 Å². The number of aromatic nitrogens is 12. The lowest BCUT2D eigenvalue weighted by molar-refractivity contribution is -0.0366. The third-order valence-corrected chi connectivity index (χ3v) is 10.7. The first-order valence-corrected chi connectivity index (χ1v) is 20.5. The second-order valence-electron chi connectivity index (χ2n) is 15.6. The molecule has 0 aromatic carbocycles. The highest BCUT2D eigenvalue weighted by Gasteiger charge is 2.36. The Labute approximate surface area is 356 Å². The van der Waals surface area contributed by atoms with Gasteiger partial charge in [0.25, 0.3) is 0 Å². The van der Waals surface area contributed by atoms with Crippen LogP contribution in [-0.4, -0.2) is 83.4 Å². The highest BCUT2D eigenvalue weighted by Crippen LogP contribution is 2.36. The largest absolute Gasteiger partial charge is 0.379 e. The highest BCUT2D eigenvalue weighted by molar-refractivity contribution is 6.31. The lowest BCUT2D eigenvalue weighted by atomic mass is 9.92. The maximum Gasteiger partial charge on any atom is 0.248 e. The smallest absolute Gasteiger partial charge is 0.248 e. The van der Waals surface area contributed by atoms with Crippen molar-refractivity contribution in [1.29, 1.82) is 0 Å². The van der Waals surface area contributed by atoms with Gasteiger partial charge >= 0.3 is 0 Å². The predicted molar refractivity (Wildman–Crippen MR) is 226 cm³/mol. The lowest BCUT2D eigenvalue weighted by Gasteiger charge is -2.29. The van der Waals surface area contributed by atoms with Gasteiger partial charge in [0.15, 0.2) is 11.6 Å². The van der Waals surface area contributed by atoms with Gasteiger partial charge in [-0.3, -0.25) is 9.36 Å². The van der Waals surface area contributed by atoms with E-state index in [0.717, 1.165) is 39.9 Å². The molecule has 21 heteroatoms. The molecule has 8 rings (SSSR count). The van der Waals surface area contributed by atoms with Crippen LogP contribution >= 0.6 is 11.6 Å². The van der Waals surface area contributed by atoms with E-state index in [9.17, 15) is 17.6 Å². The van der Waals surface area contributed by atoms with Crippen molar-refractivity contribution in [2.75, 3.05) is 16.0 Å². The summed E-state index contributed by atoms with van der Waals surface area (Å²) in [5, 5.41) is 34.5. The molecule has 2 saturated carbocycles.